The summed E-state index contributed by atoms with van der Waals surface area (Å²) in [5.74, 6) is -0.757. The highest BCUT2D eigenvalue weighted by Crippen LogP contribution is 2.11. The number of carboxylic acids is 1. The summed E-state index contributed by atoms with van der Waals surface area (Å²) in [5, 5.41) is 8.72. The molecular weight excluding hydrogens is 278 g/mol. The summed E-state index contributed by atoms with van der Waals surface area (Å²) < 4.78 is 21.7. The third kappa shape index (κ3) is 6.56. The smallest absolute Gasteiger partial charge is 0.308 e. The fourth-order valence-electron chi connectivity index (χ4n) is 0.582. The van der Waals surface area contributed by atoms with Gasteiger partial charge in [0.05, 0.1) is 10.4 Å². The van der Waals surface area contributed by atoms with E-state index in [0.717, 1.165) is 6.26 Å². The van der Waals surface area contributed by atoms with Crippen molar-refractivity contribution in [3.8, 4) is 0 Å². The summed E-state index contributed by atoms with van der Waals surface area (Å²) in [4.78, 5) is 13.7. The van der Waals surface area contributed by atoms with Crippen LogP contribution in [0.2, 0.25) is 5.02 Å². The van der Waals surface area contributed by atoms with Crippen LogP contribution >= 0.6 is 11.6 Å². The van der Waals surface area contributed by atoms with E-state index < -0.39 is 21.2 Å². The molecule has 0 spiro atoms. The van der Waals surface area contributed by atoms with Gasteiger partial charge >= 0.3 is 5.97 Å². The van der Waals surface area contributed by atoms with Crippen molar-refractivity contribution in [3.63, 3.8) is 0 Å². The Labute approximate surface area is 112 Å². The molecule has 0 aromatic carbocycles. The van der Waals surface area contributed by atoms with E-state index in [4.69, 9.17) is 16.7 Å². The van der Waals surface area contributed by atoms with Gasteiger partial charge in [-0.1, -0.05) is 11.6 Å². The Morgan fingerprint density at radius 3 is 2.00 bits per heavy atom. The number of rotatable bonds is 1. The zero-order chi connectivity index (χ0) is 14.6. The van der Waals surface area contributed by atoms with Crippen LogP contribution in [-0.2, 0) is 14.6 Å². The fraction of sp³-hybridized carbons (Fsp3) is 0.455. The van der Waals surface area contributed by atoms with Crippen LogP contribution in [0, 0.1) is 5.41 Å². The highest BCUT2D eigenvalue weighted by atomic mass is 35.5. The summed E-state index contributed by atoms with van der Waals surface area (Å²) in [7, 11) is -3.19. The van der Waals surface area contributed by atoms with Gasteiger partial charge in [-0.3, -0.25) is 4.79 Å². The lowest BCUT2D eigenvalue weighted by molar-refractivity contribution is -0.145. The van der Waals surface area contributed by atoms with E-state index >= 15 is 0 Å². The van der Waals surface area contributed by atoms with Crippen molar-refractivity contribution in [2.75, 3.05) is 6.26 Å². The van der Waals surface area contributed by atoms with Gasteiger partial charge in [0.2, 0.25) is 0 Å². The van der Waals surface area contributed by atoms with Crippen LogP contribution in [0.5, 0.6) is 0 Å². The predicted octanol–water partition coefficient (Wildman–Crippen LogP) is 2.26. The number of hydrogen-bond donors (Lipinski definition) is 1. The first kappa shape index (κ1) is 16.9. The second-order valence-corrected chi connectivity index (χ2v) is 7.04. The van der Waals surface area contributed by atoms with Crippen LogP contribution in [0.1, 0.15) is 20.8 Å². The molecule has 0 bridgehead atoms. The van der Waals surface area contributed by atoms with Crippen molar-refractivity contribution < 1.29 is 18.3 Å². The maximum Gasteiger partial charge on any atom is 0.308 e. The number of nitrogens with zero attached hydrogens (tertiary/aromatic N) is 1. The Hall–Kier alpha value is -1.14. The zero-order valence-electron chi connectivity index (χ0n) is 10.6. The molecule has 0 radical (unpaired) electrons. The van der Waals surface area contributed by atoms with E-state index in [1.807, 2.05) is 0 Å². The lowest BCUT2D eigenvalue weighted by atomic mass is 9.98. The molecule has 1 rings (SSSR count). The largest absolute Gasteiger partial charge is 0.481 e. The Morgan fingerprint density at radius 1 is 1.33 bits per heavy atom. The van der Waals surface area contributed by atoms with Gasteiger partial charge in [-0.2, -0.15) is 0 Å². The van der Waals surface area contributed by atoms with Gasteiger partial charge in [0.15, 0.2) is 14.9 Å². The number of aromatic nitrogens is 1. The molecule has 1 heterocycles. The van der Waals surface area contributed by atoms with Gasteiger partial charge in [0.25, 0.3) is 0 Å². The van der Waals surface area contributed by atoms with Gasteiger partial charge in [-0.15, -0.1) is 0 Å². The monoisotopic (exact) mass is 293 g/mol. The minimum absolute atomic E-state index is 0.0434. The second-order valence-electron chi connectivity index (χ2n) is 4.64. The molecule has 102 valence electrons. The molecule has 0 amide bonds. The van der Waals surface area contributed by atoms with Crippen LogP contribution in [0.15, 0.2) is 23.4 Å². The molecule has 1 aromatic heterocycles. The van der Waals surface area contributed by atoms with Crippen molar-refractivity contribution in [2.24, 2.45) is 5.41 Å². The molecule has 7 heteroatoms. The first-order valence-corrected chi connectivity index (χ1v) is 7.26. The predicted molar refractivity (Wildman–Crippen MR) is 69.4 cm³/mol. The average Bonchev–Trinajstić information content (AvgIpc) is 2.16. The van der Waals surface area contributed by atoms with Crippen molar-refractivity contribution in [1.82, 2.24) is 4.98 Å². The van der Waals surface area contributed by atoms with Crippen LogP contribution in [0.25, 0.3) is 0 Å². The van der Waals surface area contributed by atoms with Crippen molar-refractivity contribution in [2.45, 2.75) is 25.8 Å². The van der Waals surface area contributed by atoms with Crippen LogP contribution < -0.4 is 0 Å². The number of carboxylic acid groups (broad SMARTS) is 1. The molecular formula is C11H16ClNO4S. The highest BCUT2D eigenvalue weighted by Gasteiger charge is 2.18. The molecule has 1 aromatic rings. The number of halogens is 1. The molecule has 0 unspecified atom stereocenters. The lowest BCUT2D eigenvalue weighted by Crippen LogP contribution is -2.18. The Morgan fingerprint density at radius 2 is 1.78 bits per heavy atom. The van der Waals surface area contributed by atoms with Crippen molar-refractivity contribution in [3.05, 3.63) is 23.4 Å². The number of sulfone groups is 1. The molecule has 0 fully saturated rings. The Bertz CT molecular complexity index is 503. The molecule has 0 aliphatic heterocycles. The van der Waals surface area contributed by atoms with Gasteiger partial charge in [-0.05, 0) is 32.9 Å². The molecule has 18 heavy (non-hydrogen) atoms. The molecule has 1 N–H and O–H groups in total. The van der Waals surface area contributed by atoms with Gasteiger partial charge in [0, 0.05) is 12.5 Å². The van der Waals surface area contributed by atoms with Crippen LogP contribution in [0.3, 0.4) is 0 Å². The summed E-state index contributed by atoms with van der Waals surface area (Å²) in [5.41, 5.74) is -0.583. The summed E-state index contributed by atoms with van der Waals surface area (Å²) in [6.45, 7) is 4.99. The van der Waals surface area contributed by atoms with E-state index in [1.165, 1.54) is 18.3 Å². The van der Waals surface area contributed by atoms with Crippen LogP contribution in [0.4, 0.5) is 0 Å². The molecule has 0 atom stereocenters. The minimum atomic E-state index is -3.19. The van der Waals surface area contributed by atoms with Gasteiger partial charge in [0.1, 0.15) is 0 Å². The van der Waals surface area contributed by atoms with E-state index in [1.54, 1.807) is 20.8 Å². The number of pyridine rings is 1. The van der Waals surface area contributed by atoms with Crippen LogP contribution in [-0.4, -0.2) is 30.7 Å². The maximum absolute atomic E-state index is 10.8. The quantitative estimate of drug-likeness (QED) is 0.858. The Balaban J connectivity index is 0.000000360. The summed E-state index contributed by atoms with van der Waals surface area (Å²) in [6.07, 6.45) is 2.40. The van der Waals surface area contributed by atoms with Gasteiger partial charge in [-0.25, -0.2) is 13.4 Å². The Kier molecular flexibility index (Phi) is 5.76. The highest BCUT2D eigenvalue weighted by molar-refractivity contribution is 7.90. The average molecular weight is 294 g/mol. The van der Waals surface area contributed by atoms with E-state index in [-0.39, 0.29) is 5.03 Å². The first-order chi connectivity index (χ1) is 7.94. The third-order valence-corrected chi connectivity index (χ3v) is 2.95. The number of carbonyl (C=O) groups is 1. The van der Waals surface area contributed by atoms with E-state index in [2.05, 4.69) is 4.98 Å². The third-order valence-electron chi connectivity index (χ3n) is 1.72. The number of hydrogen-bond acceptors (Lipinski definition) is 4. The first-order valence-electron chi connectivity index (χ1n) is 4.99. The van der Waals surface area contributed by atoms with Crippen molar-refractivity contribution in [1.29, 1.82) is 0 Å². The minimum Gasteiger partial charge on any atom is -0.481 e. The zero-order valence-corrected chi connectivity index (χ0v) is 12.2. The lowest BCUT2D eigenvalue weighted by Gasteiger charge is -2.08. The SMILES string of the molecule is CC(C)(C)C(=O)O.CS(=O)(=O)c1ccc(Cl)cn1. The topological polar surface area (TPSA) is 84.3 Å². The summed E-state index contributed by atoms with van der Waals surface area (Å²) in [6, 6.07) is 2.86. The number of aliphatic carboxylic acids is 1. The van der Waals surface area contributed by atoms with Gasteiger partial charge < -0.3 is 5.11 Å². The standard InChI is InChI=1S/C6H6ClNO2S.C5H10O2/c1-11(9,10)6-3-2-5(7)4-8-6;1-5(2,3)4(6)7/h2-4H,1H3;1-3H3,(H,6,7). The maximum atomic E-state index is 10.8. The molecule has 5 nitrogen and oxygen atoms in total. The molecule has 0 aliphatic carbocycles. The fourth-order valence-corrected chi connectivity index (χ4v) is 1.25. The second kappa shape index (κ2) is 6.15. The molecule has 0 saturated heterocycles. The molecule has 0 aliphatic rings. The van der Waals surface area contributed by atoms with E-state index in [9.17, 15) is 13.2 Å². The molecule has 0 saturated carbocycles. The van der Waals surface area contributed by atoms with Crippen molar-refractivity contribution >= 4 is 27.4 Å². The normalized spacial score (nSPS) is 11.4. The summed E-state index contributed by atoms with van der Waals surface area (Å²) >= 11 is 5.50. The van der Waals surface area contributed by atoms with E-state index in [0.29, 0.717) is 5.02 Å².